The zero-order chi connectivity index (χ0) is 10.3. The van der Waals surface area contributed by atoms with Gasteiger partial charge in [-0.15, -0.1) is 0 Å². The average Bonchev–Trinajstić information content (AvgIpc) is 2.86. The second-order valence-corrected chi connectivity index (χ2v) is 4.67. The molecule has 1 nitrogen and oxygen atoms in total. The van der Waals surface area contributed by atoms with E-state index in [1.165, 1.54) is 0 Å². The molecule has 1 saturated carbocycles. The molecule has 2 N–H and O–H groups in total. The van der Waals surface area contributed by atoms with Crippen molar-refractivity contribution in [2.45, 2.75) is 24.8 Å². The van der Waals surface area contributed by atoms with Gasteiger partial charge in [0.15, 0.2) is 11.6 Å². The number of nitrogens with two attached hydrogens (primary N) is 1. The summed E-state index contributed by atoms with van der Waals surface area (Å²) in [6.45, 7) is 0. The Morgan fingerprint density at radius 3 is 2.57 bits per heavy atom. The molecule has 4 heteroatoms. The van der Waals surface area contributed by atoms with Gasteiger partial charge in [-0.25, -0.2) is 8.78 Å². The summed E-state index contributed by atoms with van der Waals surface area (Å²) in [5.74, 6) is -1.66. The summed E-state index contributed by atoms with van der Waals surface area (Å²) in [4.78, 5) is 0. The first-order chi connectivity index (χ1) is 6.52. The molecule has 0 bridgehead atoms. The molecule has 1 aromatic carbocycles. The largest absolute Gasteiger partial charge is 0.325 e. The van der Waals surface area contributed by atoms with Crippen LogP contribution in [0.5, 0.6) is 0 Å². The molecular formula is C10H10BrF2N. The predicted octanol–water partition coefficient (Wildman–Crippen LogP) is 2.76. The minimum Gasteiger partial charge on any atom is -0.325 e. The van der Waals surface area contributed by atoms with E-state index in [9.17, 15) is 8.78 Å². The van der Waals surface area contributed by atoms with E-state index in [1.807, 2.05) is 0 Å². The van der Waals surface area contributed by atoms with Crippen molar-refractivity contribution < 1.29 is 8.78 Å². The fourth-order valence-electron chi connectivity index (χ4n) is 1.42. The molecule has 1 aliphatic carbocycles. The third-order valence-electron chi connectivity index (χ3n) is 2.55. The number of halogens is 3. The lowest BCUT2D eigenvalue weighted by atomic mass is 10.0. The fourth-order valence-corrected chi connectivity index (χ4v) is 1.88. The van der Waals surface area contributed by atoms with E-state index in [0.717, 1.165) is 24.5 Å². The minimum absolute atomic E-state index is 0.188. The second kappa shape index (κ2) is 3.28. The maximum atomic E-state index is 13.1. The summed E-state index contributed by atoms with van der Waals surface area (Å²) >= 11 is 3.04. The first-order valence-electron chi connectivity index (χ1n) is 4.43. The molecule has 0 spiro atoms. The van der Waals surface area contributed by atoms with Gasteiger partial charge >= 0.3 is 0 Å². The van der Waals surface area contributed by atoms with Gasteiger partial charge in [0.25, 0.3) is 0 Å². The maximum absolute atomic E-state index is 13.1. The lowest BCUT2D eigenvalue weighted by Crippen LogP contribution is -2.24. The molecule has 0 aromatic heterocycles. The molecule has 0 saturated heterocycles. The highest BCUT2D eigenvalue weighted by molar-refractivity contribution is 9.10. The van der Waals surface area contributed by atoms with Gasteiger partial charge in [0, 0.05) is 5.54 Å². The highest BCUT2D eigenvalue weighted by atomic mass is 79.9. The van der Waals surface area contributed by atoms with E-state index in [0.29, 0.717) is 6.42 Å². The standard InChI is InChI=1S/C10H10BrF2N/c11-8-6(5-10(14)3-4-10)1-2-7(12)9(8)13/h1-2H,3-5,14H2. The molecule has 1 fully saturated rings. The van der Waals surface area contributed by atoms with Gasteiger partial charge in [0.2, 0.25) is 0 Å². The normalized spacial score (nSPS) is 18.3. The number of benzene rings is 1. The van der Waals surface area contributed by atoms with Crippen molar-refractivity contribution >= 4 is 15.9 Å². The van der Waals surface area contributed by atoms with E-state index in [-0.39, 0.29) is 10.0 Å². The van der Waals surface area contributed by atoms with Crippen molar-refractivity contribution in [3.05, 3.63) is 33.8 Å². The van der Waals surface area contributed by atoms with Crippen molar-refractivity contribution in [3.8, 4) is 0 Å². The summed E-state index contributed by atoms with van der Waals surface area (Å²) in [6, 6.07) is 2.72. The van der Waals surface area contributed by atoms with E-state index in [1.54, 1.807) is 6.07 Å². The Balaban J connectivity index is 2.30. The minimum atomic E-state index is -0.831. The van der Waals surface area contributed by atoms with Crippen molar-refractivity contribution in [2.75, 3.05) is 0 Å². The van der Waals surface area contributed by atoms with E-state index in [4.69, 9.17) is 5.73 Å². The van der Waals surface area contributed by atoms with Crippen LogP contribution in [0.25, 0.3) is 0 Å². The number of hydrogen-bond acceptors (Lipinski definition) is 1. The summed E-state index contributed by atoms with van der Waals surface area (Å²) in [5.41, 5.74) is 6.45. The van der Waals surface area contributed by atoms with Gasteiger partial charge in [0.1, 0.15) is 0 Å². The highest BCUT2D eigenvalue weighted by Gasteiger charge is 2.38. The quantitative estimate of drug-likeness (QED) is 0.815. The van der Waals surface area contributed by atoms with Crippen LogP contribution >= 0.6 is 15.9 Å². The summed E-state index contributed by atoms with van der Waals surface area (Å²) < 4.78 is 26.1. The molecule has 1 aromatic rings. The summed E-state index contributed by atoms with van der Waals surface area (Å²) in [7, 11) is 0. The molecule has 0 radical (unpaired) electrons. The second-order valence-electron chi connectivity index (χ2n) is 3.87. The maximum Gasteiger partial charge on any atom is 0.173 e. The molecule has 14 heavy (non-hydrogen) atoms. The lowest BCUT2D eigenvalue weighted by molar-refractivity contribution is 0.500. The fraction of sp³-hybridized carbons (Fsp3) is 0.400. The van der Waals surface area contributed by atoms with Gasteiger partial charge in [-0.1, -0.05) is 6.07 Å². The van der Waals surface area contributed by atoms with Crippen LogP contribution in [0.3, 0.4) is 0 Å². The van der Waals surface area contributed by atoms with Crippen LogP contribution in [0.1, 0.15) is 18.4 Å². The van der Waals surface area contributed by atoms with Crippen LogP contribution < -0.4 is 5.73 Å². The molecule has 2 rings (SSSR count). The van der Waals surface area contributed by atoms with Crippen molar-refractivity contribution in [3.63, 3.8) is 0 Å². The SMILES string of the molecule is NC1(Cc2ccc(F)c(F)c2Br)CC1. The van der Waals surface area contributed by atoms with Crippen molar-refractivity contribution in [1.29, 1.82) is 0 Å². The van der Waals surface area contributed by atoms with Gasteiger partial charge in [-0.2, -0.15) is 0 Å². The van der Waals surface area contributed by atoms with Gasteiger partial charge < -0.3 is 5.73 Å². The molecule has 0 amide bonds. The van der Waals surface area contributed by atoms with E-state index < -0.39 is 11.6 Å². The average molecular weight is 262 g/mol. The summed E-state index contributed by atoms with van der Waals surface area (Å²) in [6.07, 6.45) is 2.52. The van der Waals surface area contributed by atoms with Crippen molar-refractivity contribution in [2.24, 2.45) is 5.73 Å². The predicted molar refractivity (Wildman–Crippen MR) is 53.9 cm³/mol. The van der Waals surface area contributed by atoms with Crippen molar-refractivity contribution in [1.82, 2.24) is 0 Å². The topological polar surface area (TPSA) is 26.0 Å². The lowest BCUT2D eigenvalue weighted by Gasteiger charge is -2.10. The van der Waals surface area contributed by atoms with Crippen LogP contribution in [0.15, 0.2) is 16.6 Å². The van der Waals surface area contributed by atoms with Crippen LogP contribution in [0.2, 0.25) is 0 Å². The molecular weight excluding hydrogens is 252 g/mol. The first-order valence-corrected chi connectivity index (χ1v) is 5.22. The van der Waals surface area contributed by atoms with Crippen LogP contribution in [0, 0.1) is 11.6 Å². The Morgan fingerprint density at radius 1 is 1.36 bits per heavy atom. The summed E-state index contributed by atoms with van der Waals surface area (Å²) in [5, 5.41) is 0. The number of hydrogen-bond donors (Lipinski definition) is 1. The van der Waals surface area contributed by atoms with Gasteiger partial charge in [-0.05, 0) is 46.8 Å². The Labute approximate surface area is 89.4 Å². The van der Waals surface area contributed by atoms with Crippen LogP contribution in [-0.2, 0) is 6.42 Å². The number of rotatable bonds is 2. The molecule has 0 unspecified atom stereocenters. The Hall–Kier alpha value is -0.480. The van der Waals surface area contributed by atoms with Gasteiger partial charge in [-0.3, -0.25) is 0 Å². The zero-order valence-electron chi connectivity index (χ0n) is 7.49. The molecule has 0 heterocycles. The van der Waals surface area contributed by atoms with Crippen LogP contribution in [0.4, 0.5) is 8.78 Å². The van der Waals surface area contributed by atoms with E-state index in [2.05, 4.69) is 15.9 Å². The smallest absolute Gasteiger partial charge is 0.173 e. The molecule has 76 valence electrons. The molecule has 1 aliphatic rings. The Bertz CT molecular complexity index is 375. The monoisotopic (exact) mass is 261 g/mol. The zero-order valence-corrected chi connectivity index (χ0v) is 9.07. The Kier molecular flexibility index (Phi) is 2.35. The van der Waals surface area contributed by atoms with E-state index >= 15 is 0 Å². The molecule has 0 aliphatic heterocycles. The molecule has 0 atom stereocenters. The Morgan fingerprint density at radius 2 is 2.00 bits per heavy atom. The van der Waals surface area contributed by atoms with Gasteiger partial charge in [0.05, 0.1) is 4.47 Å². The third kappa shape index (κ3) is 1.81. The highest BCUT2D eigenvalue weighted by Crippen LogP contribution is 2.37. The van der Waals surface area contributed by atoms with Crippen LogP contribution in [-0.4, -0.2) is 5.54 Å². The third-order valence-corrected chi connectivity index (χ3v) is 3.41. The first kappa shape index (κ1) is 10.1.